The first-order valence-corrected chi connectivity index (χ1v) is 14.5. The zero-order chi connectivity index (χ0) is 30.8. The standard InChI is InChI=1S/C30H24BrN3O8S/c1-4-42-29(37)24-25(16-8-6-5-7-9-16)32-30-33(26(24)17-10-11-21(40-2)22(13-17)41-3)28(36)23(43-30)14-18-12-19(34(38)39)15-20(31)27(18)35/h5-15,26,35H,4H2,1-3H3/b23-14-/t26-/m1/s1. The molecule has 1 N–H and O–H groups in total. The molecular formula is C30H24BrN3O8S. The highest BCUT2D eigenvalue weighted by Gasteiger charge is 2.35. The van der Waals surface area contributed by atoms with E-state index in [4.69, 9.17) is 19.2 Å². The summed E-state index contributed by atoms with van der Waals surface area (Å²) in [4.78, 5) is 43.6. The number of nitrogens with zero attached hydrogens (tertiary/aromatic N) is 3. The van der Waals surface area contributed by atoms with E-state index < -0.39 is 22.5 Å². The molecule has 11 nitrogen and oxygen atoms in total. The third kappa shape index (κ3) is 5.56. The molecule has 0 fully saturated rings. The van der Waals surface area contributed by atoms with Crippen molar-refractivity contribution < 1.29 is 29.0 Å². The van der Waals surface area contributed by atoms with E-state index in [1.165, 1.54) is 37.0 Å². The number of methoxy groups -OCH3 is 2. The van der Waals surface area contributed by atoms with Crippen LogP contribution in [0.25, 0.3) is 11.8 Å². The van der Waals surface area contributed by atoms with E-state index in [-0.39, 0.29) is 43.0 Å². The minimum Gasteiger partial charge on any atom is -0.506 e. The van der Waals surface area contributed by atoms with Gasteiger partial charge in [-0.15, -0.1) is 0 Å². The molecule has 0 saturated carbocycles. The predicted octanol–water partition coefficient (Wildman–Crippen LogP) is 4.33. The second-order valence-electron chi connectivity index (χ2n) is 9.17. The van der Waals surface area contributed by atoms with Crippen LogP contribution in [0.4, 0.5) is 5.69 Å². The van der Waals surface area contributed by atoms with Gasteiger partial charge in [-0.3, -0.25) is 19.5 Å². The summed E-state index contributed by atoms with van der Waals surface area (Å²) in [6, 6.07) is 15.5. The molecule has 0 aliphatic carbocycles. The number of phenolic OH excluding ortho intramolecular Hbond substituents is 1. The molecule has 0 unspecified atom stereocenters. The first-order valence-electron chi connectivity index (χ1n) is 12.9. The Labute approximate surface area is 256 Å². The smallest absolute Gasteiger partial charge is 0.338 e. The van der Waals surface area contributed by atoms with Crippen LogP contribution in [-0.4, -0.2) is 41.4 Å². The summed E-state index contributed by atoms with van der Waals surface area (Å²) < 4.78 is 18.0. The Bertz CT molecular complexity index is 1970. The molecule has 0 radical (unpaired) electrons. The second kappa shape index (κ2) is 12.2. The van der Waals surface area contributed by atoms with Crippen molar-refractivity contribution >= 4 is 50.7 Å². The number of phenols is 1. The molecule has 220 valence electrons. The maximum absolute atomic E-state index is 14.1. The molecule has 13 heteroatoms. The van der Waals surface area contributed by atoms with Crippen molar-refractivity contribution in [1.82, 2.24) is 4.57 Å². The molecule has 5 rings (SSSR count). The minimum atomic E-state index is -0.988. The van der Waals surface area contributed by atoms with Crippen LogP contribution < -0.4 is 24.4 Å². The second-order valence-corrected chi connectivity index (χ2v) is 11.0. The van der Waals surface area contributed by atoms with Crippen LogP contribution in [0.2, 0.25) is 0 Å². The van der Waals surface area contributed by atoms with Gasteiger partial charge in [0.05, 0.1) is 52.1 Å². The van der Waals surface area contributed by atoms with Gasteiger partial charge in [0.1, 0.15) is 5.75 Å². The van der Waals surface area contributed by atoms with E-state index in [0.717, 1.165) is 11.3 Å². The molecule has 1 aliphatic rings. The number of non-ortho nitro benzene ring substituents is 1. The van der Waals surface area contributed by atoms with Crippen LogP contribution in [-0.2, 0) is 9.53 Å². The van der Waals surface area contributed by atoms with Gasteiger partial charge in [0.25, 0.3) is 11.2 Å². The number of aromatic nitrogens is 1. The lowest BCUT2D eigenvalue weighted by molar-refractivity contribution is -0.385. The van der Waals surface area contributed by atoms with Crippen molar-refractivity contribution in [2.45, 2.75) is 13.0 Å². The van der Waals surface area contributed by atoms with Gasteiger partial charge in [-0.2, -0.15) is 0 Å². The lowest BCUT2D eigenvalue weighted by Gasteiger charge is -2.26. The van der Waals surface area contributed by atoms with Gasteiger partial charge in [-0.05, 0) is 46.6 Å². The average molecular weight is 667 g/mol. The molecule has 4 aromatic rings. The highest BCUT2D eigenvalue weighted by atomic mass is 79.9. The molecule has 1 aliphatic heterocycles. The molecule has 0 bridgehead atoms. The highest BCUT2D eigenvalue weighted by molar-refractivity contribution is 9.10. The zero-order valence-corrected chi connectivity index (χ0v) is 25.5. The van der Waals surface area contributed by atoms with Crippen LogP contribution in [0.3, 0.4) is 0 Å². The molecule has 1 atom stereocenters. The Balaban J connectivity index is 1.86. The summed E-state index contributed by atoms with van der Waals surface area (Å²) in [7, 11) is 2.98. The topological polar surface area (TPSA) is 142 Å². The number of benzene rings is 3. The molecule has 3 aromatic carbocycles. The molecule has 0 amide bonds. The molecule has 1 aromatic heterocycles. The maximum atomic E-state index is 14.1. The zero-order valence-electron chi connectivity index (χ0n) is 23.1. The van der Waals surface area contributed by atoms with Crippen molar-refractivity contribution in [3.05, 3.63) is 117 Å². The van der Waals surface area contributed by atoms with Crippen LogP contribution in [0, 0.1) is 10.1 Å². The average Bonchev–Trinajstić information content (AvgIpc) is 3.32. The first-order chi connectivity index (χ1) is 20.7. The fourth-order valence-electron chi connectivity index (χ4n) is 4.74. The maximum Gasteiger partial charge on any atom is 0.338 e. The normalized spacial score (nSPS) is 14.6. The van der Waals surface area contributed by atoms with Crippen molar-refractivity contribution in [2.24, 2.45) is 4.99 Å². The number of nitro groups is 1. The van der Waals surface area contributed by atoms with E-state index in [2.05, 4.69) is 15.9 Å². The summed E-state index contributed by atoms with van der Waals surface area (Å²) in [5.74, 6) is -0.0882. The summed E-state index contributed by atoms with van der Waals surface area (Å²) in [6.07, 6.45) is 1.36. The number of aromatic hydroxyl groups is 1. The number of carbonyl (C=O) groups excluding carboxylic acids is 1. The number of esters is 1. The molecular weight excluding hydrogens is 642 g/mol. The van der Waals surface area contributed by atoms with Gasteiger partial charge in [-0.25, -0.2) is 9.79 Å². The molecule has 0 saturated heterocycles. The number of hydrogen-bond donors (Lipinski definition) is 1. The number of halogens is 1. The van der Waals surface area contributed by atoms with Crippen molar-refractivity contribution in [2.75, 3.05) is 20.8 Å². The number of hydrogen-bond acceptors (Lipinski definition) is 10. The van der Waals surface area contributed by atoms with E-state index in [1.54, 1.807) is 37.3 Å². The van der Waals surface area contributed by atoms with Gasteiger partial charge >= 0.3 is 5.97 Å². The Kier molecular flexibility index (Phi) is 8.46. The lowest BCUT2D eigenvalue weighted by Crippen LogP contribution is -2.40. The van der Waals surface area contributed by atoms with Crippen molar-refractivity contribution in [3.63, 3.8) is 0 Å². The van der Waals surface area contributed by atoms with Crippen molar-refractivity contribution in [3.8, 4) is 17.2 Å². The Morgan fingerprint density at radius 1 is 1.14 bits per heavy atom. The number of rotatable bonds is 8. The van der Waals surface area contributed by atoms with Gasteiger partial charge in [0, 0.05) is 23.3 Å². The minimum absolute atomic E-state index is 0.0573. The largest absolute Gasteiger partial charge is 0.506 e. The highest BCUT2D eigenvalue weighted by Crippen LogP contribution is 2.38. The van der Waals surface area contributed by atoms with Gasteiger partial charge in [0.15, 0.2) is 16.3 Å². The number of nitro benzene ring substituents is 1. The van der Waals surface area contributed by atoms with Crippen molar-refractivity contribution in [1.29, 1.82) is 0 Å². The van der Waals surface area contributed by atoms with Crippen LogP contribution >= 0.6 is 27.3 Å². The van der Waals surface area contributed by atoms with Crippen LogP contribution in [0.5, 0.6) is 17.2 Å². The summed E-state index contributed by atoms with van der Waals surface area (Å²) >= 11 is 4.16. The molecule has 43 heavy (non-hydrogen) atoms. The number of fused-ring (bicyclic) bond motifs is 1. The van der Waals surface area contributed by atoms with E-state index in [1.807, 2.05) is 18.2 Å². The first kappa shape index (κ1) is 29.7. The Morgan fingerprint density at radius 3 is 2.51 bits per heavy atom. The van der Waals surface area contributed by atoms with Crippen LogP contribution in [0.15, 0.2) is 80.5 Å². The predicted molar refractivity (Wildman–Crippen MR) is 163 cm³/mol. The third-order valence-electron chi connectivity index (χ3n) is 6.67. The van der Waals surface area contributed by atoms with Crippen LogP contribution in [0.1, 0.15) is 29.7 Å². The van der Waals surface area contributed by atoms with E-state index >= 15 is 0 Å². The fraction of sp³-hybridized carbons (Fsp3) is 0.167. The van der Waals surface area contributed by atoms with E-state index in [9.17, 15) is 24.8 Å². The lowest BCUT2D eigenvalue weighted by atomic mass is 9.93. The molecule has 0 spiro atoms. The monoisotopic (exact) mass is 665 g/mol. The number of thiazole rings is 1. The third-order valence-corrected chi connectivity index (χ3v) is 8.26. The fourth-order valence-corrected chi connectivity index (χ4v) is 6.20. The number of ether oxygens (including phenoxy) is 3. The molecule has 2 heterocycles. The quantitative estimate of drug-likeness (QED) is 0.166. The van der Waals surface area contributed by atoms with Gasteiger partial charge in [0.2, 0.25) is 0 Å². The van der Waals surface area contributed by atoms with Gasteiger partial charge in [-0.1, -0.05) is 47.7 Å². The Hall–Kier alpha value is -4.75. The summed E-state index contributed by atoms with van der Waals surface area (Å²) in [5, 5.41) is 22.1. The van der Waals surface area contributed by atoms with E-state index in [0.29, 0.717) is 28.3 Å². The number of carbonyl (C=O) groups is 1. The summed E-state index contributed by atoms with van der Waals surface area (Å²) in [5.41, 5.74) is 0.878. The SMILES string of the molecule is CCOC(=O)C1=C(c2ccccc2)N=c2s/c(=C\c3cc([N+](=O)[O-])cc(Br)c3O)c(=O)n2[C@@H]1c1ccc(OC)c(OC)c1. The summed E-state index contributed by atoms with van der Waals surface area (Å²) in [6.45, 7) is 1.78. The van der Waals surface area contributed by atoms with Gasteiger partial charge < -0.3 is 19.3 Å². The Morgan fingerprint density at radius 2 is 1.86 bits per heavy atom.